The van der Waals surface area contributed by atoms with E-state index in [2.05, 4.69) is 48.2 Å². The molecule has 0 atom stereocenters. The molecule has 3 aromatic heterocycles. The van der Waals surface area contributed by atoms with Gasteiger partial charge in [-0.3, -0.25) is 5.10 Å². The summed E-state index contributed by atoms with van der Waals surface area (Å²) >= 11 is 0. The van der Waals surface area contributed by atoms with Crippen molar-refractivity contribution >= 4 is 27.6 Å². The number of pyridine rings is 1. The van der Waals surface area contributed by atoms with Gasteiger partial charge in [-0.05, 0) is 75.2 Å². The minimum absolute atomic E-state index is 0.561. The van der Waals surface area contributed by atoms with Crippen LogP contribution in [0.25, 0.3) is 33.5 Å². The number of likely N-dealkylation sites (tertiary alicyclic amines) is 1. The Kier molecular flexibility index (Phi) is 5.74. The Labute approximate surface area is 215 Å². The molecule has 2 aliphatic rings. The largest absolute Gasteiger partial charge is 0.439 e. The van der Waals surface area contributed by atoms with Crippen molar-refractivity contribution in [1.82, 2.24) is 30.0 Å². The van der Waals surface area contributed by atoms with Gasteiger partial charge in [-0.1, -0.05) is 12.5 Å². The summed E-state index contributed by atoms with van der Waals surface area (Å²) < 4.78 is 5.87. The van der Waals surface area contributed by atoms with Crippen LogP contribution in [0.15, 0.2) is 60.8 Å². The standard InChI is InChI=1S/C29H31N7O/c1-4-14-35(15-5-1)20-11-16-36(17-12-20)21-7-10-24-26(18-21)32-29(31-24)28-23-9-8-22(19-25(23)33-34-28)37-27-6-2-3-13-30-27/h2-3,6-10,13,18-20H,1,4-5,11-12,14-17H2,(H,31,32)(H,33,34). The third-order valence-corrected chi connectivity index (χ3v) is 7.82. The first kappa shape index (κ1) is 22.3. The summed E-state index contributed by atoms with van der Waals surface area (Å²) in [5, 5.41) is 8.69. The first-order valence-corrected chi connectivity index (χ1v) is 13.4. The Morgan fingerprint density at radius 3 is 2.59 bits per heavy atom. The molecule has 5 aromatic rings. The van der Waals surface area contributed by atoms with E-state index < -0.39 is 0 Å². The fourth-order valence-corrected chi connectivity index (χ4v) is 5.85. The molecule has 0 radical (unpaired) electrons. The van der Waals surface area contributed by atoms with Crippen molar-refractivity contribution < 1.29 is 4.74 Å². The van der Waals surface area contributed by atoms with Gasteiger partial charge in [0.1, 0.15) is 11.4 Å². The molecule has 0 unspecified atom stereocenters. The highest BCUT2D eigenvalue weighted by Crippen LogP contribution is 2.32. The summed E-state index contributed by atoms with van der Waals surface area (Å²) in [5.41, 5.74) is 4.95. The van der Waals surface area contributed by atoms with Crippen molar-refractivity contribution in [1.29, 1.82) is 0 Å². The Morgan fingerprint density at radius 1 is 0.865 bits per heavy atom. The molecule has 188 valence electrons. The van der Waals surface area contributed by atoms with Crippen molar-refractivity contribution in [2.45, 2.75) is 38.1 Å². The number of hydrogen-bond acceptors (Lipinski definition) is 6. The molecule has 2 aromatic carbocycles. The Balaban J connectivity index is 1.09. The maximum atomic E-state index is 5.87. The molecule has 5 heterocycles. The lowest BCUT2D eigenvalue weighted by Gasteiger charge is -2.41. The van der Waals surface area contributed by atoms with E-state index in [1.807, 2.05) is 36.4 Å². The SMILES string of the molecule is c1ccc(Oc2ccc3c(-c4nc5ccc(N6CCC(N7CCCCC7)CC6)cc5[nH]4)n[nH]c3c2)nc1. The van der Waals surface area contributed by atoms with Crippen LogP contribution >= 0.6 is 0 Å². The molecular weight excluding hydrogens is 462 g/mol. The molecule has 0 amide bonds. The van der Waals surface area contributed by atoms with Crippen molar-refractivity contribution in [3.63, 3.8) is 0 Å². The van der Waals surface area contributed by atoms with Gasteiger partial charge in [-0.2, -0.15) is 5.10 Å². The Hall–Kier alpha value is -3.91. The molecule has 37 heavy (non-hydrogen) atoms. The number of nitrogens with zero attached hydrogens (tertiary/aromatic N) is 5. The number of fused-ring (bicyclic) bond motifs is 2. The van der Waals surface area contributed by atoms with Crippen LogP contribution in [-0.2, 0) is 0 Å². The third-order valence-electron chi connectivity index (χ3n) is 7.82. The summed E-state index contributed by atoms with van der Waals surface area (Å²) in [6.07, 6.45) is 8.34. The normalized spacial score (nSPS) is 17.6. The molecule has 2 N–H and O–H groups in total. The molecule has 2 aliphatic heterocycles. The summed E-state index contributed by atoms with van der Waals surface area (Å²) in [7, 11) is 0. The molecule has 0 aliphatic carbocycles. The first-order valence-electron chi connectivity index (χ1n) is 13.4. The Bertz CT molecular complexity index is 1510. The molecule has 0 bridgehead atoms. The van der Waals surface area contributed by atoms with Gasteiger partial charge >= 0.3 is 0 Å². The first-order chi connectivity index (χ1) is 18.3. The summed E-state index contributed by atoms with van der Waals surface area (Å²) in [6, 6.07) is 18.8. The van der Waals surface area contributed by atoms with E-state index in [-0.39, 0.29) is 0 Å². The number of ether oxygens (including phenoxy) is 1. The van der Waals surface area contributed by atoms with E-state index in [9.17, 15) is 0 Å². The predicted octanol–water partition coefficient (Wildman–Crippen LogP) is 5.75. The lowest BCUT2D eigenvalue weighted by atomic mass is 9.99. The lowest BCUT2D eigenvalue weighted by Crippen LogP contribution is -2.46. The number of hydrogen-bond donors (Lipinski definition) is 2. The Morgan fingerprint density at radius 2 is 1.76 bits per heavy atom. The minimum atomic E-state index is 0.561. The van der Waals surface area contributed by atoms with E-state index in [0.717, 1.165) is 52.6 Å². The van der Waals surface area contributed by atoms with Crippen molar-refractivity contribution in [3.05, 3.63) is 60.8 Å². The maximum absolute atomic E-state index is 5.87. The molecule has 8 heteroatoms. The van der Waals surface area contributed by atoms with E-state index in [1.54, 1.807) is 6.20 Å². The number of aromatic amines is 2. The highest BCUT2D eigenvalue weighted by molar-refractivity contribution is 5.94. The van der Waals surface area contributed by atoms with E-state index in [1.165, 1.54) is 50.9 Å². The number of benzene rings is 2. The minimum Gasteiger partial charge on any atom is -0.439 e. The number of rotatable bonds is 5. The van der Waals surface area contributed by atoms with Gasteiger partial charge in [-0.25, -0.2) is 9.97 Å². The molecule has 2 fully saturated rings. The quantitative estimate of drug-likeness (QED) is 0.324. The second kappa shape index (κ2) is 9.52. The van der Waals surface area contributed by atoms with Crippen LogP contribution in [0, 0.1) is 0 Å². The molecule has 2 saturated heterocycles. The van der Waals surface area contributed by atoms with Crippen LogP contribution in [0.4, 0.5) is 5.69 Å². The van der Waals surface area contributed by atoms with Crippen LogP contribution in [0.5, 0.6) is 11.6 Å². The molecule has 7 rings (SSSR count). The number of aromatic nitrogens is 5. The monoisotopic (exact) mass is 493 g/mol. The van der Waals surface area contributed by atoms with Gasteiger partial charge < -0.3 is 19.5 Å². The van der Waals surface area contributed by atoms with Gasteiger partial charge in [0.15, 0.2) is 5.82 Å². The zero-order valence-corrected chi connectivity index (χ0v) is 20.9. The van der Waals surface area contributed by atoms with Gasteiger partial charge in [0, 0.05) is 48.5 Å². The number of H-pyrrole nitrogens is 2. The molecular formula is C29H31N7O. The smallest absolute Gasteiger partial charge is 0.219 e. The summed E-state index contributed by atoms with van der Waals surface area (Å²) in [4.78, 5) is 17.8. The van der Waals surface area contributed by atoms with Gasteiger partial charge in [0.05, 0.1) is 16.6 Å². The van der Waals surface area contributed by atoms with Crippen molar-refractivity contribution in [2.24, 2.45) is 0 Å². The predicted molar refractivity (Wildman–Crippen MR) is 146 cm³/mol. The fraction of sp³-hybridized carbons (Fsp3) is 0.345. The zero-order chi connectivity index (χ0) is 24.6. The summed E-state index contributed by atoms with van der Waals surface area (Å²) in [5.74, 6) is 2.03. The van der Waals surface area contributed by atoms with Crippen LogP contribution in [0.3, 0.4) is 0 Å². The number of piperidine rings is 2. The van der Waals surface area contributed by atoms with Crippen LogP contribution in [0.1, 0.15) is 32.1 Å². The second-order valence-electron chi connectivity index (χ2n) is 10.2. The van der Waals surface area contributed by atoms with Crippen molar-refractivity contribution in [3.8, 4) is 23.1 Å². The highest BCUT2D eigenvalue weighted by Gasteiger charge is 2.26. The lowest BCUT2D eigenvalue weighted by molar-refractivity contribution is 0.141. The second-order valence-corrected chi connectivity index (χ2v) is 10.2. The molecule has 0 saturated carbocycles. The average molecular weight is 494 g/mol. The average Bonchev–Trinajstić information content (AvgIpc) is 3.57. The highest BCUT2D eigenvalue weighted by atomic mass is 16.5. The number of imidazole rings is 1. The van der Waals surface area contributed by atoms with Crippen LogP contribution < -0.4 is 9.64 Å². The van der Waals surface area contributed by atoms with E-state index in [4.69, 9.17) is 9.72 Å². The topological polar surface area (TPSA) is 86.0 Å². The molecule has 0 spiro atoms. The van der Waals surface area contributed by atoms with Crippen LogP contribution in [-0.4, -0.2) is 62.3 Å². The van der Waals surface area contributed by atoms with E-state index >= 15 is 0 Å². The van der Waals surface area contributed by atoms with Crippen LogP contribution in [0.2, 0.25) is 0 Å². The third kappa shape index (κ3) is 4.42. The van der Waals surface area contributed by atoms with Crippen molar-refractivity contribution in [2.75, 3.05) is 31.1 Å². The van der Waals surface area contributed by atoms with E-state index in [0.29, 0.717) is 11.6 Å². The fourth-order valence-electron chi connectivity index (χ4n) is 5.85. The summed E-state index contributed by atoms with van der Waals surface area (Å²) in [6.45, 7) is 4.79. The zero-order valence-electron chi connectivity index (χ0n) is 20.9. The van der Waals surface area contributed by atoms with Gasteiger partial charge in [0.2, 0.25) is 5.88 Å². The van der Waals surface area contributed by atoms with Gasteiger partial charge in [0.25, 0.3) is 0 Å². The maximum Gasteiger partial charge on any atom is 0.219 e. The molecule has 8 nitrogen and oxygen atoms in total. The van der Waals surface area contributed by atoms with Gasteiger partial charge in [-0.15, -0.1) is 0 Å². The number of nitrogens with one attached hydrogen (secondary N) is 2. The number of anilines is 1.